The maximum absolute atomic E-state index is 12.4. The van der Waals surface area contributed by atoms with Gasteiger partial charge in [-0.3, -0.25) is 4.79 Å². The molecule has 1 fully saturated rings. The van der Waals surface area contributed by atoms with Crippen LogP contribution in [0.1, 0.15) is 40.4 Å². The number of amides is 1. The lowest BCUT2D eigenvalue weighted by Gasteiger charge is -2.21. The summed E-state index contributed by atoms with van der Waals surface area (Å²) in [6.07, 6.45) is 6.08. The zero-order valence-corrected chi connectivity index (χ0v) is 13.8. The first-order valence-electron chi connectivity index (χ1n) is 7.67. The van der Waals surface area contributed by atoms with Gasteiger partial charge >= 0.3 is 0 Å². The van der Waals surface area contributed by atoms with E-state index in [1.54, 1.807) is 23.1 Å². The van der Waals surface area contributed by atoms with E-state index in [1.807, 2.05) is 6.33 Å². The standard InChI is InChI=1S/C15H18N4OS2/c20-15(14-11-4-7-21-12(11)5-8-22-14)16-6-3-13-18-17-9-19(13)10-1-2-10/h4,7,9-10,14H,1-3,5-6,8H2,(H,16,20)/t14-/m1/s1. The highest BCUT2D eigenvalue weighted by molar-refractivity contribution is 8.00. The monoisotopic (exact) mass is 334 g/mol. The molecule has 0 aromatic carbocycles. The van der Waals surface area contributed by atoms with Crippen molar-refractivity contribution in [3.8, 4) is 0 Å². The fourth-order valence-electron chi connectivity index (χ4n) is 2.86. The molecule has 3 heterocycles. The molecule has 116 valence electrons. The van der Waals surface area contributed by atoms with Gasteiger partial charge in [-0.2, -0.15) is 0 Å². The van der Waals surface area contributed by atoms with Crippen LogP contribution in [0.25, 0.3) is 0 Å². The number of fused-ring (bicyclic) bond motifs is 1. The zero-order valence-electron chi connectivity index (χ0n) is 12.2. The van der Waals surface area contributed by atoms with Gasteiger partial charge in [-0.1, -0.05) is 0 Å². The Hall–Kier alpha value is -1.34. The number of hydrogen-bond donors (Lipinski definition) is 1. The molecule has 2 aliphatic rings. The summed E-state index contributed by atoms with van der Waals surface area (Å²) in [7, 11) is 0. The molecule has 0 unspecified atom stereocenters. The van der Waals surface area contributed by atoms with Gasteiger partial charge in [0.25, 0.3) is 0 Å². The second-order valence-electron chi connectivity index (χ2n) is 5.73. The van der Waals surface area contributed by atoms with Crippen LogP contribution in [0.4, 0.5) is 0 Å². The van der Waals surface area contributed by atoms with Gasteiger partial charge in [0, 0.05) is 23.9 Å². The van der Waals surface area contributed by atoms with Crippen molar-refractivity contribution in [1.29, 1.82) is 0 Å². The van der Waals surface area contributed by atoms with Crippen LogP contribution >= 0.6 is 23.1 Å². The van der Waals surface area contributed by atoms with Crippen molar-refractivity contribution in [2.75, 3.05) is 12.3 Å². The van der Waals surface area contributed by atoms with E-state index in [0.717, 1.165) is 24.4 Å². The summed E-state index contributed by atoms with van der Waals surface area (Å²) < 4.78 is 2.15. The predicted octanol–water partition coefficient (Wildman–Crippen LogP) is 2.36. The molecule has 2 aromatic heterocycles. The smallest absolute Gasteiger partial charge is 0.237 e. The Morgan fingerprint density at radius 1 is 1.45 bits per heavy atom. The van der Waals surface area contributed by atoms with Gasteiger partial charge in [0.15, 0.2) is 0 Å². The molecule has 1 aliphatic heterocycles. The van der Waals surface area contributed by atoms with Crippen LogP contribution < -0.4 is 5.32 Å². The number of aryl methyl sites for hydroxylation is 1. The number of aromatic nitrogens is 3. The molecule has 1 atom stereocenters. The lowest BCUT2D eigenvalue weighted by atomic mass is 10.1. The van der Waals surface area contributed by atoms with Crippen molar-refractivity contribution in [2.45, 2.75) is 37.0 Å². The Morgan fingerprint density at radius 2 is 2.36 bits per heavy atom. The number of carbonyl (C=O) groups is 1. The fourth-order valence-corrected chi connectivity index (χ4v) is 5.17. The molecule has 4 rings (SSSR count). The predicted molar refractivity (Wildman–Crippen MR) is 88.2 cm³/mol. The number of nitrogens with one attached hydrogen (secondary N) is 1. The molecule has 22 heavy (non-hydrogen) atoms. The van der Waals surface area contributed by atoms with Gasteiger partial charge in [0.05, 0.1) is 0 Å². The SMILES string of the molecule is O=C(NCCc1nncn1C1CC1)[C@@H]1SCCc2sccc21. The summed E-state index contributed by atoms with van der Waals surface area (Å²) >= 11 is 3.51. The molecule has 0 bridgehead atoms. The van der Waals surface area contributed by atoms with Crippen LogP contribution in [0, 0.1) is 0 Å². The van der Waals surface area contributed by atoms with Gasteiger partial charge in [-0.05, 0) is 42.0 Å². The van der Waals surface area contributed by atoms with Crippen LogP contribution in [-0.2, 0) is 17.6 Å². The third kappa shape index (κ3) is 2.79. The minimum absolute atomic E-state index is 0.0451. The number of thiophene rings is 1. The van der Waals surface area contributed by atoms with Gasteiger partial charge in [-0.25, -0.2) is 0 Å². The van der Waals surface area contributed by atoms with E-state index in [0.29, 0.717) is 12.6 Å². The first kappa shape index (κ1) is 14.3. The third-order valence-electron chi connectivity index (χ3n) is 4.15. The number of rotatable bonds is 5. The molecule has 1 N–H and O–H groups in total. The van der Waals surface area contributed by atoms with Crippen molar-refractivity contribution in [3.63, 3.8) is 0 Å². The van der Waals surface area contributed by atoms with E-state index >= 15 is 0 Å². The van der Waals surface area contributed by atoms with Crippen LogP contribution in [-0.4, -0.2) is 33.0 Å². The minimum atomic E-state index is -0.0451. The average Bonchev–Trinajstić information content (AvgIpc) is 3.08. The highest BCUT2D eigenvalue weighted by atomic mass is 32.2. The summed E-state index contributed by atoms with van der Waals surface area (Å²) in [5, 5.41) is 13.3. The van der Waals surface area contributed by atoms with E-state index in [2.05, 4.69) is 31.5 Å². The molecule has 1 saturated carbocycles. The van der Waals surface area contributed by atoms with Crippen LogP contribution in [0.2, 0.25) is 0 Å². The average molecular weight is 334 g/mol. The number of carbonyl (C=O) groups excluding carboxylic acids is 1. The highest BCUT2D eigenvalue weighted by Crippen LogP contribution is 2.39. The van der Waals surface area contributed by atoms with Gasteiger partial charge < -0.3 is 9.88 Å². The zero-order chi connectivity index (χ0) is 14.9. The Morgan fingerprint density at radius 3 is 3.23 bits per heavy atom. The Bertz CT molecular complexity index is 677. The van der Waals surface area contributed by atoms with Crippen molar-refractivity contribution >= 4 is 29.0 Å². The van der Waals surface area contributed by atoms with E-state index < -0.39 is 0 Å². The number of thioether (sulfide) groups is 1. The first-order chi connectivity index (χ1) is 10.8. The van der Waals surface area contributed by atoms with Crippen molar-refractivity contribution in [2.24, 2.45) is 0 Å². The normalized spacial score (nSPS) is 20.6. The van der Waals surface area contributed by atoms with Crippen LogP contribution in [0.5, 0.6) is 0 Å². The molecule has 2 aromatic rings. The summed E-state index contributed by atoms with van der Waals surface area (Å²) in [5.41, 5.74) is 1.21. The minimum Gasteiger partial charge on any atom is -0.354 e. The third-order valence-corrected chi connectivity index (χ3v) is 6.39. The summed E-state index contributed by atoms with van der Waals surface area (Å²) in [5.74, 6) is 2.14. The fraction of sp³-hybridized carbons (Fsp3) is 0.533. The highest BCUT2D eigenvalue weighted by Gasteiger charge is 2.28. The maximum Gasteiger partial charge on any atom is 0.237 e. The number of nitrogens with zero attached hydrogens (tertiary/aromatic N) is 3. The molecule has 1 amide bonds. The topological polar surface area (TPSA) is 59.8 Å². The Labute approximate surface area is 137 Å². The molecule has 5 nitrogen and oxygen atoms in total. The maximum atomic E-state index is 12.4. The van der Waals surface area contributed by atoms with Gasteiger partial charge in [-0.15, -0.1) is 33.3 Å². The molecule has 1 aliphatic carbocycles. The van der Waals surface area contributed by atoms with E-state index in [-0.39, 0.29) is 11.2 Å². The summed E-state index contributed by atoms with van der Waals surface area (Å²) in [6.45, 7) is 0.626. The van der Waals surface area contributed by atoms with Crippen molar-refractivity contribution in [1.82, 2.24) is 20.1 Å². The summed E-state index contributed by atoms with van der Waals surface area (Å²) in [4.78, 5) is 13.8. The van der Waals surface area contributed by atoms with Gasteiger partial charge in [0.1, 0.15) is 17.4 Å². The van der Waals surface area contributed by atoms with Crippen LogP contribution in [0.3, 0.4) is 0 Å². The van der Waals surface area contributed by atoms with Gasteiger partial charge in [0.2, 0.25) is 5.91 Å². The molecule has 0 saturated heterocycles. The first-order valence-corrected chi connectivity index (χ1v) is 9.60. The van der Waals surface area contributed by atoms with Crippen molar-refractivity contribution < 1.29 is 4.79 Å². The second kappa shape index (κ2) is 6.04. The lowest BCUT2D eigenvalue weighted by molar-refractivity contribution is -0.120. The van der Waals surface area contributed by atoms with E-state index in [9.17, 15) is 4.79 Å². The van der Waals surface area contributed by atoms with Crippen LogP contribution in [0.15, 0.2) is 17.8 Å². The largest absolute Gasteiger partial charge is 0.354 e. The Kier molecular flexibility index (Phi) is 3.92. The number of hydrogen-bond acceptors (Lipinski definition) is 5. The molecule has 0 spiro atoms. The second-order valence-corrected chi connectivity index (χ2v) is 7.94. The van der Waals surface area contributed by atoms with E-state index in [1.165, 1.54) is 23.3 Å². The molecule has 7 heteroatoms. The van der Waals surface area contributed by atoms with Crippen molar-refractivity contribution in [3.05, 3.63) is 34.0 Å². The summed E-state index contributed by atoms with van der Waals surface area (Å²) in [6, 6.07) is 2.68. The molecule has 0 radical (unpaired) electrons. The van der Waals surface area contributed by atoms with E-state index in [4.69, 9.17) is 0 Å². The molecular weight excluding hydrogens is 316 g/mol. The quantitative estimate of drug-likeness (QED) is 0.912. The lowest BCUT2D eigenvalue weighted by Crippen LogP contribution is -2.31. The molecular formula is C15H18N4OS2. The Balaban J connectivity index is 1.34.